The van der Waals surface area contributed by atoms with E-state index in [2.05, 4.69) is 30.1 Å². The highest BCUT2D eigenvalue weighted by molar-refractivity contribution is 6.13. The van der Waals surface area contributed by atoms with Crippen molar-refractivity contribution in [2.24, 2.45) is 0 Å². The quantitative estimate of drug-likeness (QED) is 0.0778. The van der Waals surface area contributed by atoms with Crippen LogP contribution in [-0.2, 0) is 33.9 Å². The van der Waals surface area contributed by atoms with Crippen LogP contribution in [0.25, 0.3) is 11.1 Å². The van der Waals surface area contributed by atoms with Crippen LogP contribution in [0.3, 0.4) is 0 Å². The molecule has 240 valence electrons. The summed E-state index contributed by atoms with van der Waals surface area (Å²) in [5.41, 5.74) is 7.57. The third-order valence-corrected chi connectivity index (χ3v) is 7.86. The fourth-order valence-corrected chi connectivity index (χ4v) is 5.49. The van der Waals surface area contributed by atoms with Gasteiger partial charge < -0.3 is 18.9 Å². The minimum Gasteiger partial charge on any atom is -0.489 e. The Kier molecular flexibility index (Phi) is 9.92. The zero-order valence-electron chi connectivity index (χ0n) is 26.1. The van der Waals surface area contributed by atoms with Crippen LogP contribution in [0, 0.1) is 0 Å². The van der Waals surface area contributed by atoms with Crippen molar-refractivity contribution in [2.45, 2.75) is 19.6 Å². The number of anilines is 1. The van der Waals surface area contributed by atoms with Crippen molar-refractivity contribution in [1.82, 2.24) is 0 Å². The second kappa shape index (κ2) is 15.0. The predicted molar refractivity (Wildman–Crippen MR) is 182 cm³/mol. The van der Waals surface area contributed by atoms with E-state index in [1.807, 2.05) is 42.5 Å². The van der Waals surface area contributed by atoms with E-state index >= 15 is 0 Å². The third-order valence-electron chi connectivity index (χ3n) is 7.86. The molecule has 0 fully saturated rings. The number of hydrogen-bond acceptors (Lipinski definition) is 7. The highest BCUT2D eigenvalue weighted by Crippen LogP contribution is 2.38. The molecule has 6 rings (SSSR count). The van der Waals surface area contributed by atoms with Crippen molar-refractivity contribution in [3.8, 4) is 22.6 Å². The fourth-order valence-electron chi connectivity index (χ4n) is 5.49. The Bertz CT molecular complexity index is 1950. The van der Waals surface area contributed by atoms with Gasteiger partial charge in [-0.25, -0.2) is 9.59 Å². The van der Waals surface area contributed by atoms with E-state index in [0.717, 1.165) is 28.7 Å². The molecule has 8 nitrogen and oxygen atoms in total. The first kappa shape index (κ1) is 31.8. The van der Waals surface area contributed by atoms with Gasteiger partial charge in [-0.2, -0.15) is 0 Å². The summed E-state index contributed by atoms with van der Waals surface area (Å²) in [6.07, 6.45) is 1.58. The number of fused-ring (bicyclic) bond motifs is 3. The van der Waals surface area contributed by atoms with Gasteiger partial charge in [0.2, 0.25) is 0 Å². The van der Waals surface area contributed by atoms with Gasteiger partial charge in [0, 0.05) is 17.2 Å². The lowest BCUT2D eigenvalue weighted by molar-refractivity contribution is -0.144. The van der Waals surface area contributed by atoms with Crippen molar-refractivity contribution in [2.75, 3.05) is 18.5 Å². The van der Waals surface area contributed by atoms with Crippen LogP contribution in [0.5, 0.6) is 11.5 Å². The molecule has 0 saturated heterocycles. The number of carbonyl (C=O) groups excluding carboxylic acids is 3. The van der Waals surface area contributed by atoms with Crippen LogP contribution in [0.2, 0.25) is 0 Å². The molecule has 5 aromatic carbocycles. The number of amides is 1. The topological polar surface area (TPSA) is 100 Å². The average molecular weight is 640 g/mol. The zero-order valence-corrected chi connectivity index (χ0v) is 26.1. The molecule has 0 saturated carbocycles. The largest absolute Gasteiger partial charge is 0.489 e. The minimum atomic E-state index is -0.689. The van der Waals surface area contributed by atoms with Crippen LogP contribution in [0.15, 0.2) is 128 Å². The number of nitrogens with one attached hydrogen (secondary N) is 1. The summed E-state index contributed by atoms with van der Waals surface area (Å²) in [6, 6.07) is 35.2. The molecule has 0 radical (unpaired) electrons. The molecular weight excluding hydrogens is 606 g/mol. The number of ketones is 1. The lowest BCUT2D eigenvalue weighted by Gasteiger charge is -2.15. The molecule has 1 aliphatic rings. The van der Waals surface area contributed by atoms with Crippen molar-refractivity contribution < 1.29 is 33.3 Å². The van der Waals surface area contributed by atoms with Gasteiger partial charge in [0.15, 0.2) is 12.4 Å². The molecule has 5 aromatic rings. The normalized spacial score (nSPS) is 11.1. The first-order valence-electron chi connectivity index (χ1n) is 15.5. The summed E-state index contributed by atoms with van der Waals surface area (Å²) in [5, 5.41) is 2.78. The Labute approximate surface area is 278 Å². The Morgan fingerprint density at radius 1 is 0.729 bits per heavy atom. The highest BCUT2D eigenvalue weighted by Gasteiger charge is 2.22. The van der Waals surface area contributed by atoms with Crippen LogP contribution in [0.4, 0.5) is 10.5 Å². The van der Waals surface area contributed by atoms with Crippen molar-refractivity contribution in [1.29, 1.82) is 0 Å². The van der Waals surface area contributed by atoms with E-state index in [0.29, 0.717) is 22.6 Å². The molecule has 0 atom stereocenters. The smallest absolute Gasteiger partial charge is 0.411 e. The summed E-state index contributed by atoms with van der Waals surface area (Å²) >= 11 is 0. The second-order valence-electron chi connectivity index (χ2n) is 11.1. The van der Waals surface area contributed by atoms with Crippen LogP contribution in [-0.4, -0.2) is 31.1 Å². The van der Waals surface area contributed by atoms with Gasteiger partial charge in [-0.1, -0.05) is 97.6 Å². The van der Waals surface area contributed by atoms with Crippen LogP contribution < -0.4 is 14.8 Å². The Morgan fingerprint density at radius 3 is 2.29 bits per heavy atom. The second-order valence-corrected chi connectivity index (χ2v) is 11.1. The molecule has 0 aliphatic heterocycles. The molecular formula is C40H33NO7. The number of esters is 1. The van der Waals surface area contributed by atoms with E-state index in [-0.39, 0.29) is 37.9 Å². The molecule has 48 heavy (non-hydrogen) atoms. The fraction of sp³-hybridized carbons (Fsp3) is 0.125. The Balaban J connectivity index is 1.13. The average Bonchev–Trinajstić information content (AvgIpc) is 3.51. The maximum absolute atomic E-state index is 13.5. The summed E-state index contributed by atoms with van der Waals surface area (Å²) in [6.45, 7) is 3.71. The van der Waals surface area contributed by atoms with Gasteiger partial charge in [0.25, 0.3) is 0 Å². The molecule has 1 N–H and O–H groups in total. The lowest BCUT2D eigenvalue weighted by atomic mass is 10.0. The van der Waals surface area contributed by atoms with Crippen molar-refractivity contribution >= 4 is 23.5 Å². The molecule has 0 spiro atoms. The lowest BCUT2D eigenvalue weighted by Crippen LogP contribution is -2.17. The summed E-state index contributed by atoms with van der Waals surface area (Å²) in [7, 11) is 0. The maximum atomic E-state index is 13.5. The standard InChI is InChI=1S/C40H33NO7/c1-2-21-45-38(42)26-47-31-17-15-27(16-18-31)24-46-32-19-20-35(39(43)28-9-4-3-5-10-28)37(23-32)41-40(44)48-25-30-12-8-14-34-33-13-7-6-11-29(33)22-36(30)34/h2-20,23H,1,21-22,24-26H2,(H,41,44). The molecule has 0 aromatic heterocycles. The Morgan fingerprint density at radius 2 is 1.48 bits per heavy atom. The van der Waals surface area contributed by atoms with Crippen molar-refractivity contribution in [3.05, 3.63) is 161 Å². The van der Waals surface area contributed by atoms with Crippen LogP contribution in [0.1, 0.15) is 38.2 Å². The van der Waals surface area contributed by atoms with E-state index in [9.17, 15) is 14.4 Å². The Hall–Kier alpha value is -6.15. The molecule has 0 heterocycles. The molecule has 1 aliphatic carbocycles. The van der Waals surface area contributed by atoms with Gasteiger partial charge in [-0.05, 0) is 64.1 Å². The maximum Gasteiger partial charge on any atom is 0.411 e. The number of hydrogen-bond donors (Lipinski definition) is 1. The van der Waals surface area contributed by atoms with E-state index < -0.39 is 12.1 Å². The first-order chi connectivity index (χ1) is 23.5. The van der Waals surface area contributed by atoms with Gasteiger partial charge in [-0.15, -0.1) is 0 Å². The molecule has 0 unspecified atom stereocenters. The predicted octanol–water partition coefficient (Wildman–Crippen LogP) is 7.92. The van der Waals surface area contributed by atoms with E-state index in [1.54, 1.807) is 54.6 Å². The van der Waals surface area contributed by atoms with Crippen LogP contribution >= 0.6 is 0 Å². The third kappa shape index (κ3) is 7.62. The van der Waals surface area contributed by atoms with Crippen molar-refractivity contribution in [3.63, 3.8) is 0 Å². The monoisotopic (exact) mass is 639 g/mol. The molecule has 0 bridgehead atoms. The van der Waals surface area contributed by atoms with Gasteiger partial charge in [0.1, 0.15) is 31.3 Å². The van der Waals surface area contributed by atoms with Gasteiger partial charge >= 0.3 is 12.1 Å². The number of ether oxygens (including phenoxy) is 4. The van der Waals surface area contributed by atoms with E-state index in [4.69, 9.17) is 18.9 Å². The number of rotatable bonds is 13. The zero-order chi connectivity index (χ0) is 33.3. The first-order valence-corrected chi connectivity index (χ1v) is 15.5. The van der Waals surface area contributed by atoms with Gasteiger partial charge in [-0.3, -0.25) is 10.1 Å². The SMILES string of the molecule is C=CCOC(=O)COc1ccc(COc2ccc(C(=O)c3ccccc3)c(NC(=O)OCc3cccc4c3Cc3ccccc3-4)c2)cc1. The minimum absolute atomic E-state index is 0.0802. The number of carbonyl (C=O) groups is 3. The molecule has 8 heteroatoms. The molecule has 1 amide bonds. The van der Waals surface area contributed by atoms with Gasteiger partial charge in [0.05, 0.1) is 5.69 Å². The highest BCUT2D eigenvalue weighted by atomic mass is 16.6. The van der Waals surface area contributed by atoms with E-state index in [1.165, 1.54) is 17.2 Å². The summed E-state index contributed by atoms with van der Waals surface area (Å²) in [4.78, 5) is 38.3. The number of benzene rings is 5. The summed E-state index contributed by atoms with van der Waals surface area (Å²) < 4.78 is 22.1. The summed E-state index contributed by atoms with van der Waals surface area (Å²) in [5.74, 6) is 0.214.